The summed E-state index contributed by atoms with van der Waals surface area (Å²) in [5, 5.41) is 14.6. The molecule has 5 rings (SSSR count). The van der Waals surface area contributed by atoms with Crippen molar-refractivity contribution in [1.29, 1.82) is 0 Å². The highest BCUT2D eigenvalue weighted by atomic mass is 16.5. The molecule has 1 saturated heterocycles. The Labute approximate surface area is 201 Å². The van der Waals surface area contributed by atoms with E-state index in [0.717, 1.165) is 22.3 Å². The fourth-order valence-electron chi connectivity index (χ4n) is 4.76. The second-order valence-electron chi connectivity index (χ2n) is 8.49. The van der Waals surface area contributed by atoms with E-state index in [4.69, 9.17) is 9.47 Å². The van der Waals surface area contributed by atoms with Crippen molar-refractivity contribution in [3.8, 4) is 11.1 Å². The van der Waals surface area contributed by atoms with Gasteiger partial charge in [0, 0.05) is 12.5 Å². The Hall–Kier alpha value is -4.17. The van der Waals surface area contributed by atoms with E-state index in [1.54, 1.807) is 24.3 Å². The van der Waals surface area contributed by atoms with Gasteiger partial charge in [-0.15, -0.1) is 0 Å². The summed E-state index contributed by atoms with van der Waals surface area (Å²) in [5.41, 5.74) is 4.95. The smallest absolute Gasteiger partial charge is 0.411 e. The number of benzene rings is 3. The number of carboxylic acid groups (broad SMARTS) is 1. The van der Waals surface area contributed by atoms with Crippen LogP contribution in [0.4, 0.5) is 10.5 Å². The predicted octanol–water partition coefficient (Wildman–Crippen LogP) is 4.02. The zero-order chi connectivity index (χ0) is 24.4. The number of nitrogens with one attached hydrogen (secondary N) is 2. The Bertz CT molecular complexity index is 1240. The van der Waals surface area contributed by atoms with E-state index < -0.39 is 30.1 Å². The second-order valence-corrected chi connectivity index (χ2v) is 8.49. The van der Waals surface area contributed by atoms with Crippen molar-refractivity contribution in [3.63, 3.8) is 0 Å². The molecule has 3 aromatic rings. The van der Waals surface area contributed by atoms with Gasteiger partial charge in [-0.2, -0.15) is 0 Å². The molecule has 1 heterocycles. The molecule has 0 spiro atoms. The van der Waals surface area contributed by atoms with E-state index in [1.807, 2.05) is 36.4 Å². The van der Waals surface area contributed by atoms with Crippen molar-refractivity contribution in [1.82, 2.24) is 5.32 Å². The quantitative estimate of drug-likeness (QED) is 0.499. The van der Waals surface area contributed by atoms with Gasteiger partial charge in [0.2, 0.25) is 0 Å². The van der Waals surface area contributed by atoms with Gasteiger partial charge < -0.3 is 19.9 Å². The van der Waals surface area contributed by atoms with Crippen LogP contribution in [0.5, 0.6) is 0 Å². The Morgan fingerprint density at radius 1 is 0.914 bits per heavy atom. The summed E-state index contributed by atoms with van der Waals surface area (Å²) in [6.07, 6.45) is -1.38. The van der Waals surface area contributed by atoms with Gasteiger partial charge in [-0.1, -0.05) is 60.7 Å². The van der Waals surface area contributed by atoms with E-state index in [-0.39, 0.29) is 30.4 Å². The molecular formula is C27H24N2O6. The summed E-state index contributed by atoms with van der Waals surface area (Å²) < 4.78 is 10.8. The molecule has 0 saturated carbocycles. The van der Waals surface area contributed by atoms with Crippen LogP contribution in [0, 0.1) is 0 Å². The average Bonchev–Trinajstić information content (AvgIpc) is 3.46. The third kappa shape index (κ3) is 4.48. The molecule has 1 fully saturated rings. The molecule has 3 N–H and O–H groups in total. The van der Waals surface area contributed by atoms with E-state index in [9.17, 15) is 19.5 Å². The number of para-hydroxylation sites is 1. The number of carboxylic acids is 1. The van der Waals surface area contributed by atoms with Crippen LogP contribution in [0.3, 0.4) is 0 Å². The fourth-order valence-corrected chi connectivity index (χ4v) is 4.76. The van der Waals surface area contributed by atoms with Gasteiger partial charge in [-0.3, -0.25) is 10.1 Å². The number of ether oxygens (including phenoxy) is 2. The molecular weight excluding hydrogens is 448 g/mol. The standard InChI is InChI=1S/C27H24N2O6/c30-25(28-23-13-14-34-24(23)26(31)32)20-11-5-6-12-22(20)29-27(33)35-15-21-18-9-3-1-7-16(18)17-8-2-4-10-19(17)21/h1-12,21,23-24H,13-15H2,(H,28,30)(H,29,33)(H,31,32)/t23-,24+/m1/s1. The first kappa shape index (κ1) is 22.6. The number of amides is 2. The SMILES string of the molecule is O=C(Nc1ccccc1C(=O)N[C@@H]1CCO[C@@H]1C(=O)O)OCC1c2ccccc2-c2ccccc21. The predicted molar refractivity (Wildman–Crippen MR) is 128 cm³/mol. The number of aliphatic carboxylic acids is 1. The molecule has 2 aliphatic rings. The summed E-state index contributed by atoms with van der Waals surface area (Å²) in [7, 11) is 0. The highest BCUT2D eigenvalue weighted by Gasteiger charge is 2.35. The number of fused-ring (bicyclic) bond motifs is 3. The van der Waals surface area contributed by atoms with Crippen LogP contribution in [-0.4, -0.2) is 48.4 Å². The first-order valence-corrected chi connectivity index (χ1v) is 11.4. The molecule has 8 heteroatoms. The van der Waals surface area contributed by atoms with Crippen LogP contribution in [0.15, 0.2) is 72.8 Å². The molecule has 0 radical (unpaired) electrons. The number of hydrogen-bond acceptors (Lipinski definition) is 5. The summed E-state index contributed by atoms with van der Waals surface area (Å²) in [4.78, 5) is 36.9. The maximum Gasteiger partial charge on any atom is 0.411 e. The Balaban J connectivity index is 1.26. The Morgan fingerprint density at radius 2 is 1.54 bits per heavy atom. The summed E-state index contributed by atoms with van der Waals surface area (Å²) in [6, 6.07) is 22.0. The number of rotatable bonds is 6. The lowest BCUT2D eigenvalue weighted by atomic mass is 9.98. The van der Waals surface area contributed by atoms with Gasteiger partial charge in [0.05, 0.1) is 17.3 Å². The lowest BCUT2D eigenvalue weighted by Gasteiger charge is -2.18. The average molecular weight is 472 g/mol. The number of carbonyl (C=O) groups is 3. The maximum atomic E-state index is 12.9. The van der Waals surface area contributed by atoms with E-state index >= 15 is 0 Å². The van der Waals surface area contributed by atoms with Crippen molar-refractivity contribution in [2.45, 2.75) is 24.5 Å². The van der Waals surface area contributed by atoms with E-state index in [0.29, 0.717) is 6.42 Å². The van der Waals surface area contributed by atoms with Crippen LogP contribution in [-0.2, 0) is 14.3 Å². The van der Waals surface area contributed by atoms with Crippen LogP contribution in [0.1, 0.15) is 33.8 Å². The normalized spacial score (nSPS) is 18.4. The zero-order valence-corrected chi connectivity index (χ0v) is 18.8. The summed E-state index contributed by atoms with van der Waals surface area (Å²) in [6.45, 7) is 0.398. The Kier molecular flexibility index (Phi) is 6.20. The van der Waals surface area contributed by atoms with Gasteiger partial charge in [0.25, 0.3) is 5.91 Å². The first-order chi connectivity index (χ1) is 17.0. The second kappa shape index (κ2) is 9.60. The topological polar surface area (TPSA) is 114 Å². The minimum absolute atomic E-state index is 0.0815. The van der Waals surface area contributed by atoms with Crippen molar-refractivity contribution in [2.24, 2.45) is 0 Å². The van der Waals surface area contributed by atoms with E-state index in [1.165, 1.54) is 0 Å². The molecule has 0 bridgehead atoms. The minimum Gasteiger partial charge on any atom is -0.479 e. The zero-order valence-electron chi connectivity index (χ0n) is 18.8. The molecule has 1 aliphatic heterocycles. The molecule has 35 heavy (non-hydrogen) atoms. The molecule has 2 atom stereocenters. The van der Waals surface area contributed by atoms with Gasteiger partial charge in [0.15, 0.2) is 6.10 Å². The third-order valence-corrected chi connectivity index (χ3v) is 6.40. The Morgan fingerprint density at radius 3 is 2.23 bits per heavy atom. The molecule has 1 aliphatic carbocycles. The number of anilines is 1. The molecule has 2 amide bonds. The lowest BCUT2D eigenvalue weighted by molar-refractivity contribution is -0.148. The fraction of sp³-hybridized carbons (Fsp3) is 0.222. The molecule has 178 valence electrons. The van der Waals surface area contributed by atoms with Crippen molar-refractivity contribution < 1.29 is 29.0 Å². The molecule has 8 nitrogen and oxygen atoms in total. The lowest BCUT2D eigenvalue weighted by Crippen LogP contribution is -2.44. The van der Waals surface area contributed by atoms with Gasteiger partial charge in [-0.05, 0) is 40.8 Å². The highest BCUT2D eigenvalue weighted by molar-refractivity contribution is 6.03. The highest BCUT2D eigenvalue weighted by Crippen LogP contribution is 2.44. The number of hydrogen-bond donors (Lipinski definition) is 3. The van der Waals surface area contributed by atoms with Gasteiger partial charge in [0.1, 0.15) is 6.61 Å². The van der Waals surface area contributed by atoms with Crippen molar-refractivity contribution in [2.75, 3.05) is 18.5 Å². The summed E-state index contributed by atoms with van der Waals surface area (Å²) >= 11 is 0. The van der Waals surface area contributed by atoms with Crippen LogP contribution < -0.4 is 10.6 Å². The molecule has 3 aromatic carbocycles. The molecule has 0 unspecified atom stereocenters. The van der Waals surface area contributed by atoms with E-state index in [2.05, 4.69) is 22.8 Å². The van der Waals surface area contributed by atoms with Gasteiger partial charge >= 0.3 is 12.1 Å². The number of carbonyl (C=O) groups excluding carboxylic acids is 2. The third-order valence-electron chi connectivity index (χ3n) is 6.40. The van der Waals surface area contributed by atoms with Crippen molar-refractivity contribution >= 4 is 23.7 Å². The maximum absolute atomic E-state index is 12.9. The van der Waals surface area contributed by atoms with Crippen LogP contribution in [0.2, 0.25) is 0 Å². The van der Waals surface area contributed by atoms with Gasteiger partial charge in [-0.25, -0.2) is 9.59 Å². The summed E-state index contributed by atoms with van der Waals surface area (Å²) in [5.74, 6) is -1.71. The van der Waals surface area contributed by atoms with Crippen LogP contribution in [0.25, 0.3) is 11.1 Å². The minimum atomic E-state index is -1.13. The molecule has 0 aromatic heterocycles. The largest absolute Gasteiger partial charge is 0.479 e. The van der Waals surface area contributed by atoms with Crippen LogP contribution >= 0.6 is 0 Å². The van der Waals surface area contributed by atoms with Crippen molar-refractivity contribution in [3.05, 3.63) is 89.5 Å². The first-order valence-electron chi connectivity index (χ1n) is 11.4. The monoisotopic (exact) mass is 472 g/mol.